The number of rotatable bonds is 6. The molecule has 2 heterocycles. The van der Waals surface area contributed by atoms with Crippen LogP contribution in [0, 0.1) is 0 Å². The van der Waals surface area contributed by atoms with Crippen LogP contribution in [0.4, 0.5) is 5.82 Å². The fraction of sp³-hybridized carbons (Fsp3) is 0.429. The highest BCUT2D eigenvalue weighted by Gasteiger charge is 2.21. The third-order valence-electron chi connectivity index (χ3n) is 4.93. The second-order valence-electron chi connectivity index (χ2n) is 7.17. The van der Waals surface area contributed by atoms with E-state index in [2.05, 4.69) is 27.3 Å². The van der Waals surface area contributed by atoms with E-state index < -0.39 is 0 Å². The maximum absolute atomic E-state index is 12.5. The number of anilines is 1. The van der Waals surface area contributed by atoms with Gasteiger partial charge in [0.15, 0.2) is 0 Å². The lowest BCUT2D eigenvalue weighted by Crippen LogP contribution is -2.44. The largest absolute Gasteiger partial charge is 0.497 e. The Hall–Kier alpha value is -2.60. The van der Waals surface area contributed by atoms with Crippen LogP contribution < -0.4 is 15.0 Å². The number of aromatic nitrogens is 1. The highest BCUT2D eigenvalue weighted by Crippen LogP contribution is 2.18. The number of likely N-dealkylation sites (tertiary alicyclic amines) is 1. The van der Waals surface area contributed by atoms with Crippen molar-refractivity contribution in [2.75, 3.05) is 39.2 Å². The van der Waals surface area contributed by atoms with Crippen molar-refractivity contribution in [1.29, 1.82) is 0 Å². The molecule has 1 fully saturated rings. The van der Waals surface area contributed by atoms with Crippen LogP contribution in [0.2, 0.25) is 0 Å². The van der Waals surface area contributed by atoms with E-state index >= 15 is 0 Å². The summed E-state index contributed by atoms with van der Waals surface area (Å²) in [6.07, 6.45) is 3.60. The predicted molar refractivity (Wildman–Crippen MR) is 107 cm³/mol. The third-order valence-corrected chi connectivity index (χ3v) is 4.93. The van der Waals surface area contributed by atoms with Gasteiger partial charge in [-0.15, -0.1) is 0 Å². The fourth-order valence-electron chi connectivity index (χ4n) is 3.34. The van der Waals surface area contributed by atoms with Gasteiger partial charge in [-0.25, -0.2) is 4.98 Å². The van der Waals surface area contributed by atoms with Gasteiger partial charge in [-0.1, -0.05) is 12.1 Å². The Morgan fingerprint density at radius 3 is 2.74 bits per heavy atom. The molecule has 0 unspecified atom stereocenters. The fourth-order valence-corrected chi connectivity index (χ4v) is 3.34. The van der Waals surface area contributed by atoms with Crippen molar-refractivity contribution in [3.8, 4) is 5.75 Å². The average molecular weight is 368 g/mol. The topological polar surface area (TPSA) is 57.7 Å². The Kier molecular flexibility index (Phi) is 6.29. The van der Waals surface area contributed by atoms with Gasteiger partial charge < -0.3 is 15.0 Å². The summed E-state index contributed by atoms with van der Waals surface area (Å²) in [6.45, 7) is 2.86. The third kappa shape index (κ3) is 5.20. The Morgan fingerprint density at radius 2 is 2.04 bits per heavy atom. The van der Waals surface area contributed by atoms with Gasteiger partial charge in [0.05, 0.1) is 7.11 Å². The minimum absolute atomic E-state index is 0.0215. The number of hydrogen-bond donors (Lipinski definition) is 1. The molecule has 0 atom stereocenters. The molecule has 0 aliphatic carbocycles. The van der Waals surface area contributed by atoms with E-state index in [1.165, 1.54) is 5.56 Å². The molecule has 2 aromatic rings. The molecular weight excluding hydrogens is 340 g/mol. The molecule has 3 rings (SSSR count). The van der Waals surface area contributed by atoms with Crippen molar-refractivity contribution in [2.45, 2.75) is 25.4 Å². The van der Waals surface area contributed by atoms with Crippen molar-refractivity contribution >= 4 is 11.7 Å². The first-order valence-corrected chi connectivity index (χ1v) is 9.34. The van der Waals surface area contributed by atoms with Gasteiger partial charge in [0.1, 0.15) is 11.6 Å². The minimum atomic E-state index is -0.0215. The molecular formula is C21H28N4O2. The van der Waals surface area contributed by atoms with Gasteiger partial charge in [0.2, 0.25) is 0 Å². The zero-order valence-electron chi connectivity index (χ0n) is 16.3. The SMILES string of the molecule is COc1cccc(CN2CCC(NC(=O)c3ccnc(N(C)C)c3)CC2)c1. The second-order valence-corrected chi connectivity index (χ2v) is 7.17. The summed E-state index contributed by atoms with van der Waals surface area (Å²) in [4.78, 5) is 21.1. The Bertz CT molecular complexity index is 770. The molecule has 0 radical (unpaired) electrons. The molecule has 6 nitrogen and oxygen atoms in total. The summed E-state index contributed by atoms with van der Waals surface area (Å²) < 4.78 is 5.30. The summed E-state index contributed by atoms with van der Waals surface area (Å²) in [6, 6.07) is 12.0. The highest BCUT2D eigenvalue weighted by atomic mass is 16.5. The number of piperidine rings is 1. The Balaban J connectivity index is 1.50. The molecule has 1 saturated heterocycles. The first-order chi connectivity index (χ1) is 13.0. The number of ether oxygens (including phenoxy) is 1. The van der Waals surface area contributed by atoms with Crippen molar-refractivity contribution in [3.05, 3.63) is 53.7 Å². The zero-order valence-corrected chi connectivity index (χ0v) is 16.3. The number of pyridine rings is 1. The molecule has 0 saturated carbocycles. The summed E-state index contributed by atoms with van der Waals surface area (Å²) in [5, 5.41) is 3.17. The maximum Gasteiger partial charge on any atom is 0.251 e. The van der Waals surface area contributed by atoms with E-state index in [0.717, 1.165) is 44.0 Å². The van der Waals surface area contributed by atoms with Crippen LogP contribution in [0.1, 0.15) is 28.8 Å². The molecule has 0 spiro atoms. The van der Waals surface area contributed by atoms with Gasteiger partial charge >= 0.3 is 0 Å². The van der Waals surface area contributed by atoms with Crippen LogP contribution in [0.5, 0.6) is 5.75 Å². The zero-order chi connectivity index (χ0) is 19.2. The minimum Gasteiger partial charge on any atom is -0.497 e. The van der Waals surface area contributed by atoms with Crippen molar-refractivity contribution in [1.82, 2.24) is 15.2 Å². The number of carbonyl (C=O) groups is 1. The van der Waals surface area contributed by atoms with Gasteiger partial charge in [-0.3, -0.25) is 9.69 Å². The second kappa shape index (κ2) is 8.86. The van der Waals surface area contributed by atoms with E-state index in [4.69, 9.17) is 4.74 Å². The van der Waals surface area contributed by atoms with Crippen LogP contribution in [-0.2, 0) is 6.54 Å². The quantitative estimate of drug-likeness (QED) is 0.849. The molecule has 1 N–H and O–H groups in total. The van der Waals surface area contributed by atoms with E-state index in [1.807, 2.05) is 37.2 Å². The number of nitrogens with zero attached hydrogens (tertiary/aromatic N) is 3. The smallest absolute Gasteiger partial charge is 0.251 e. The van der Waals surface area contributed by atoms with Crippen LogP contribution in [0.3, 0.4) is 0 Å². The lowest BCUT2D eigenvalue weighted by atomic mass is 10.0. The van der Waals surface area contributed by atoms with Crippen molar-refractivity contribution < 1.29 is 9.53 Å². The first kappa shape index (κ1) is 19.2. The number of nitrogens with one attached hydrogen (secondary N) is 1. The van der Waals surface area contributed by atoms with Crippen LogP contribution in [0.25, 0.3) is 0 Å². The lowest BCUT2D eigenvalue weighted by Gasteiger charge is -2.32. The van der Waals surface area contributed by atoms with Gasteiger partial charge in [-0.2, -0.15) is 0 Å². The molecule has 1 amide bonds. The molecule has 27 heavy (non-hydrogen) atoms. The van der Waals surface area contributed by atoms with Gasteiger partial charge in [-0.05, 0) is 42.7 Å². The lowest BCUT2D eigenvalue weighted by molar-refractivity contribution is 0.0909. The van der Waals surface area contributed by atoms with Crippen LogP contribution in [-0.4, -0.2) is 56.1 Å². The maximum atomic E-state index is 12.5. The normalized spacial score (nSPS) is 15.4. The molecule has 1 aromatic heterocycles. The van der Waals surface area contributed by atoms with E-state index in [1.54, 1.807) is 19.4 Å². The van der Waals surface area contributed by atoms with Crippen molar-refractivity contribution in [3.63, 3.8) is 0 Å². The van der Waals surface area contributed by atoms with Crippen LogP contribution >= 0.6 is 0 Å². The summed E-state index contributed by atoms with van der Waals surface area (Å²) >= 11 is 0. The Morgan fingerprint density at radius 1 is 1.26 bits per heavy atom. The standard InChI is InChI=1S/C21H28N4O2/c1-24(2)20-14-17(7-10-22-20)21(26)23-18-8-11-25(12-9-18)15-16-5-4-6-19(13-16)27-3/h4-7,10,13-14,18H,8-9,11-12,15H2,1-3H3,(H,23,26). The van der Waals surface area contributed by atoms with Gasteiger partial charge in [0, 0.05) is 51.5 Å². The molecule has 0 bridgehead atoms. The first-order valence-electron chi connectivity index (χ1n) is 9.34. The van der Waals surface area contributed by atoms with E-state index in [-0.39, 0.29) is 11.9 Å². The van der Waals surface area contributed by atoms with Gasteiger partial charge in [0.25, 0.3) is 5.91 Å². The monoisotopic (exact) mass is 368 g/mol. The van der Waals surface area contributed by atoms with Crippen LogP contribution in [0.15, 0.2) is 42.6 Å². The summed E-state index contributed by atoms with van der Waals surface area (Å²) in [5.41, 5.74) is 1.91. The average Bonchev–Trinajstić information content (AvgIpc) is 2.69. The van der Waals surface area contributed by atoms with E-state index in [9.17, 15) is 4.79 Å². The number of amides is 1. The molecule has 144 valence electrons. The number of benzene rings is 1. The van der Waals surface area contributed by atoms with E-state index in [0.29, 0.717) is 5.56 Å². The molecule has 1 aromatic carbocycles. The number of hydrogen-bond acceptors (Lipinski definition) is 5. The molecule has 1 aliphatic heterocycles. The highest BCUT2D eigenvalue weighted by molar-refractivity contribution is 5.95. The Labute approximate surface area is 161 Å². The molecule has 6 heteroatoms. The number of methoxy groups -OCH3 is 1. The predicted octanol–water partition coefficient (Wildman–Crippen LogP) is 2.55. The summed E-state index contributed by atoms with van der Waals surface area (Å²) in [7, 11) is 5.53. The molecule has 1 aliphatic rings. The summed E-state index contributed by atoms with van der Waals surface area (Å²) in [5.74, 6) is 1.66. The van der Waals surface area contributed by atoms with Crippen molar-refractivity contribution in [2.24, 2.45) is 0 Å². The number of carbonyl (C=O) groups excluding carboxylic acids is 1.